The molecule has 0 aliphatic rings. The number of benzene rings is 1. The fraction of sp³-hybridized carbons (Fsp3) is 0.333. The van der Waals surface area contributed by atoms with E-state index in [4.69, 9.17) is 11.5 Å². The van der Waals surface area contributed by atoms with Crippen LogP contribution in [0.3, 0.4) is 0 Å². The van der Waals surface area contributed by atoms with E-state index < -0.39 is 0 Å². The second-order valence-electron chi connectivity index (χ2n) is 3.97. The van der Waals surface area contributed by atoms with Crippen molar-refractivity contribution in [2.24, 2.45) is 0 Å². The number of aromatic nitrogens is 2. The van der Waals surface area contributed by atoms with Crippen LogP contribution in [-0.4, -0.2) is 9.97 Å². The number of rotatable bonds is 1. The Bertz CT molecular complexity index is 561. The summed E-state index contributed by atoms with van der Waals surface area (Å²) in [5, 5.41) is 0. The molecule has 0 atom stereocenters. The zero-order valence-electron chi connectivity index (χ0n) is 9.83. The van der Waals surface area contributed by atoms with Crippen LogP contribution in [0.1, 0.15) is 23.9 Å². The zero-order valence-corrected chi connectivity index (χ0v) is 9.83. The highest BCUT2D eigenvalue weighted by Crippen LogP contribution is 2.28. The molecule has 0 spiro atoms. The van der Waals surface area contributed by atoms with Gasteiger partial charge >= 0.3 is 0 Å². The van der Waals surface area contributed by atoms with Crippen molar-refractivity contribution >= 4 is 22.4 Å². The van der Waals surface area contributed by atoms with Crippen LogP contribution < -0.4 is 11.5 Å². The Morgan fingerprint density at radius 2 is 1.75 bits per heavy atom. The second kappa shape index (κ2) is 3.63. The highest BCUT2D eigenvalue weighted by Gasteiger charge is 2.11. The van der Waals surface area contributed by atoms with Gasteiger partial charge in [0.25, 0.3) is 0 Å². The standard InChI is InChI=1S/C12H16N4/c1-4-8-9(13)5-10-12(11(8)14)16-7(3)6(2)15-10/h5H,4,13-14H2,1-3H3. The molecule has 2 aromatic rings. The number of fused-ring (bicyclic) bond motifs is 1. The van der Waals surface area contributed by atoms with Crippen LogP contribution in [0.15, 0.2) is 6.07 Å². The molecule has 0 saturated heterocycles. The van der Waals surface area contributed by atoms with E-state index in [1.807, 2.05) is 26.8 Å². The molecule has 1 aromatic carbocycles. The fourth-order valence-electron chi connectivity index (χ4n) is 1.85. The minimum absolute atomic E-state index is 0.660. The van der Waals surface area contributed by atoms with Gasteiger partial charge in [-0.05, 0) is 26.3 Å². The molecule has 4 heteroatoms. The van der Waals surface area contributed by atoms with Crippen molar-refractivity contribution in [1.29, 1.82) is 0 Å². The number of nitrogens with zero attached hydrogens (tertiary/aromatic N) is 2. The molecule has 0 saturated carbocycles. The van der Waals surface area contributed by atoms with E-state index in [9.17, 15) is 0 Å². The molecule has 0 bridgehead atoms. The lowest BCUT2D eigenvalue weighted by Crippen LogP contribution is -2.04. The quantitative estimate of drug-likeness (QED) is 0.714. The molecule has 1 heterocycles. The highest BCUT2D eigenvalue weighted by molar-refractivity contribution is 5.92. The lowest BCUT2D eigenvalue weighted by Gasteiger charge is -2.11. The number of aryl methyl sites for hydroxylation is 2. The molecule has 0 aliphatic heterocycles. The highest BCUT2D eigenvalue weighted by atomic mass is 14.8. The summed E-state index contributed by atoms with van der Waals surface area (Å²) in [6.07, 6.45) is 0.808. The Labute approximate surface area is 94.7 Å². The zero-order chi connectivity index (χ0) is 11.9. The van der Waals surface area contributed by atoms with E-state index in [0.717, 1.165) is 34.4 Å². The summed E-state index contributed by atoms with van der Waals surface area (Å²) in [6.45, 7) is 5.90. The van der Waals surface area contributed by atoms with Crippen LogP contribution in [-0.2, 0) is 6.42 Å². The third kappa shape index (κ3) is 1.46. The lowest BCUT2D eigenvalue weighted by atomic mass is 10.1. The van der Waals surface area contributed by atoms with Gasteiger partial charge in [0.1, 0.15) is 5.52 Å². The number of hydrogen-bond donors (Lipinski definition) is 2. The summed E-state index contributed by atoms with van der Waals surface area (Å²) in [7, 11) is 0. The number of hydrogen-bond acceptors (Lipinski definition) is 4. The molecule has 4 nitrogen and oxygen atoms in total. The van der Waals surface area contributed by atoms with Gasteiger partial charge in [0.15, 0.2) is 0 Å². The molecule has 84 valence electrons. The van der Waals surface area contributed by atoms with Gasteiger partial charge in [-0.2, -0.15) is 0 Å². The Kier molecular flexibility index (Phi) is 2.42. The summed E-state index contributed by atoms with van der Waals surface area (Å²) in [4.78, 5) is 8.93. The van der Waals surface area contributed by atoms with Gasteiger partial charge in [-0.25, -0.2) is 9.97 Å². The van der Waals surface area contributed by atoms with Gasteiger partial charge in [-0.3, -0.25) is 0 Å². The van der Waals surface area contributed by atoms with Crippen LogP contribution in [0.5, 0.6) is 0 Å². The van der Waals surface area contributed by atoms with Gasteiger partial charge in [-0.15, -0.1) is 0 Å². The van der Waals surface area contributed by atoms with Gasteiger partial charge in [0, 0.05) is 11.3 Å². The lowest BCUT2D eigenvalue weighted by molar-refractivity contribution is 1.09. The van der Waals surface area contributed by atoms with Crippen LogP contribution in [0, 0.1) is 13.8 Å². The van der Waals surface area contributed by atoms with Crippen LogP contribution in [0.25, 0.3) is 11.0 Å². The van der Waals surface area contributed by atoms with Gasteiger partial charge in [0.2, 0.25) is 0 Å². The second-order valence-corrected chi connectivity index (χ2v) is 3.97. The number of nitrogen functional groups attached to an aromatic ring is 2. The smallest absolute Gasteiger partial charge is 0.112 e. The van der Waals surface area contributed by atoms with Gasteiger partial charge in [-0.1, -0.05) is 6.92 Å². The van der Waals surface area contributed by atoms with Crippen molar-refractivity contribution in [3.63, 3.8) is 0 Å². The maximum Gasteiger partial charge on any atom is 0.112 e. The molecular weight excluding hydrogens is 200 g/mol. The third-order valence-electron chi connectivity index (χ3n) is 2.91. The van der Waals surface area contributed by atoms with Crippen molar-refractivity contribution in [2.45, 2.75) is 27.2 Å². The van der Waals surface area contributed by atoms with Crippen molar-refractivity contribution in [1.82, 2.24) is 9.97 Å². The van der Waals surface area contributed by atoms with E-state index in [-0.39, 0.29) is 0 Å². The Morgan fingerprint density at radius 1 is 1.12 bits per heavy atom. The first kappa shape index (κ1) is 10.7. The average molecular weight is 216 g/mol. The average Bonchev–Trinajstić information content (AvgIpc) is 2.22. The topological polar surface area (TPSA) is 77.8 Å². The molecule has 0 unspecified atom stereocenters. The SMILES string of the molecule is CCc1c(N)cc2nc(C)c(C)nc2c1N. The molecule has 0 fully saturated rings. The maximum absolute atomic E-state index is 6.07. The summed E-state index contributed by atoms with van der Waals surface area (Å²) >= 11 is 0. The first-order valence-corrected chi connectivity index (χ1v) is 5.36. The van der Waals surface area contributed by atoms with Crippen molar-refractivity contribution in [3.05, 3.63) is 23.0 Å². The van der Waals surface area contributed by atoms with Crippen LogP contribution >= 0.6 is 0 Å². The Balaban J connectivity index is 2.88. The molecule has 0 aliphatic carbocycles. The van der Waals surface area contributed by atoms with Crippen LogP contribution in [0.4, 0.5) is 11.4 Å². The maximum atomic E-state index is 6.07. The van der Waals surface area contributed by atoms with Crippen molar-refractivity contribution in [3.8, 4) is 0 Å². The molecule has 0 amide bonds. The van der Waals surface area contributed by atoms with E-state index in [1.165, 1.54) is 0 Å². The number of anilines is 2. The minimum Gasteiger partial charge on any atom is -0.398 e. The van der Waals surface area contributed by atoms with E-state index in [0.29, 0.717) is 11.4 Å². The molecule has 2 rings (SSSR count). The van der Waals surface area contributed by atoms with E-state index in [2.05, 4.69) is 9.97 Å². The van der Waals surface area contributed by atoms with E-state index >= 15 is 0 Å². The van der Waals surface area contributed by atoms with E-state index in [1.54, 1.807) is 0 Å². The third-order valence-corrected chi connectivity index (χ3v) is 2.91. The Hall–Kier alpha value is -1.84. The van der Waals surface area contributed by atoms with Crippen molar-refractivity contribution < 1.29 is 0 Å². The molecular formula is C12H16N4. The largest absolute Gasteiger partial charge is 0.398 e. The first-order chi connectivity index (χ1) is 7.54. The normalized spacial score (nSPS) is 10.9. The van der Waals surface area contributed by atoms with Crippen molar-refractivity contribution in [2.75, 3.05) is 11.5 Å². The molecule has 16 heavy (non-hydrogen) atoms. The monoisotopic (exact) mass is 216 g/mol. The summed E-state index contributed by atoms with van der Waals surface area (Å²) in [6, 6.07) is 1.85. The first-order valence-electron chi connectivity index (χ1n) is 5.36. The Morgan fingerprint density at radius 3 is 2.38 bits per heavy atom. The predicted octanol–water partition coefficient (Wildman–Crippen LogP) is 1.97. The van der Waals surface area contributed by atoms with Gasteiger partial charge < -0.3 is 11.5 Å². The van der Waals surface area contributed by atoms with Gasteiger partial charge in [0.05, 0.1) is 22.6 Å². The molecule has 4 N–H and O–H groups in total. The summed E-state index contributed by atoms with van der Waals surface area (Å²) in [5.74, 6) is 0. The molecule has 1 aromatic heterocycles. The fourth-order valence-corrected chi connectivity index (χ4v) is 1.85. The summed E-state index contributed by atoms with van der Waals surface area (Å²) < 4.78 is 0. The predicted molar refractivity (Wildman–Crippen MR) is 67.2 cm³/mol. The molecule has 0 radical (unpaired) electrons. The number of nitrogens with two attached hydrogens (primary N) is 2. The van der Waals surface area contributed by atoms with Crippen LogP contribution in [0.2, 0.25) is 0 Å². The minimum atomic E-state index is 0.660. The summed E-state index contributed by atoms with van der Waals surface area (Å²) in [5.41, 5.74) is 17.7.